The summed E-state index contributed by atoms with van der Waals surface area (Å²) in [5, 5.41) is 9.03. The van der Waals surface area contributed by atoms with Gasteiger partial charge in [-0.3, -0.25) is 19.5 Å². The van der Waals surface area contributed by atoms with Crippen LogP contribution >= 0.6 is 0 Å². The van der Waals surface area contributed by atoms with Crippen LogP contribution in [0.15, 0.2) is 48.5 Å². The first kappa shape index (κ1) is 24.6. The molecule has 0 amide bonds. The molecule has 0 radical (unpaired) electrons. The number of carbonyl (C=O) groups excluding carboxylic acids is 1. The second-order valence-electron chi connectivity index (χ2n) is 9.12. The summed E-state index contributed by atoms with van der Waals surface area (Å²) in [5.41, 5.74) is 4.57. The van der Waals surface area contributed by atoms with Crippen LogP contribution in [-0.4, -0.2) is 70.5 Å². The highest BCUT2D eigenvalue weighted by Crippen LogP contribution is 2.21. The summed E-state index contributed by atoms with van der Waals surface area (Å²) in [6, 6.07) is 17.6. The minimum atomic E-state index is -0.437. The third kappa shape index (κ3) is 6.48. The standard InChI is InChI=1S/C27H39N3O2/c1-5-28(6-2)17-24-8-7-9-25(14-24)18-29-15-21(3)30(22(4)16-29)19-23-10-12-26(13-11-23)27(32)20-31/h7-14,21-22,31H,5-6,15-20H2,1-4H3/t21-,22+. The first-order chi connectivity index (χ1) is 15.4. The molecule has 0 unspecified atom stereocenters. The SMILES string of the molecule is CCN(CC)Cc1cccc(CN2C[C@@H](C)N(Cc3ccc(C(=O)CO)cc3)[C@@H](C)C2)c1. The lowest BCUT2D eigenvalue weighted by molar-refractivity contribution is 0.0290. The minimum absolute atomic E-state index is 0.229. The molecule has 2 aromatic carbocycles. The molecule has 1 N–H and O–H groups in total. The Kier molecular flexibility index (Phi) is 9.00. The summed E-state index contributed by atoms with van der Waals surface area (Å²) in [7, 11) is 0. The Balaban J connectivity index is 1.58. The van der Waals surface area contributed by atoms with Crippen LogP contribution in [0.5, 0.6) is 0 Å². The predicted octanol–water partition coefficient (Wildman–Crippen LogP) is 3.80. The molecule has 0 saturated carbocycles. The average molecular weight is 438 g/mol. The van der Waals surface area contributed by atoms with Crippen molar-refractivity contribution in [2.75, 3.05) is 32.8 Å². The fourth-order valence-electron chi connectivity index (χ4n) is 4.79. The van der Waals surface area contributed by atoms with Gasteiger partial charge < -0.3 is 5.11 Å². The van der Waals surface area contributed by atoms with Crippen molar-refractivity contribution in [2.24, 2.45) is 0 Å². The van der Waals surface area contributed by atoms with Crippen LogP contribution in [0.2, 0.25) is 0 Å². The zero-order valence-corrected chi connectivity index (χ0v) is 20.1. The Morgan fingerprint density at radius 3 is 2.16 bits per heavy atom. The van der Waals surface area contributed by atoms with Crippen molar-refractivity contribution in [3.63, 3.8) is 0 Å². The van der Waals surface area contributed by atoms with Crippen molar-refractivity contribution in [3.05, 3.63) is 70.8 Å². The molecule has 1 aliphatic rings. The molecule has 5 heteroatoms. The van der Waals surface area contributed by atoms with E-state index in [2.05, 4.69) is 66.7 Å². The van der Waals surface area contributed by atoms with E-state index in [1.54, 1.807) is 0 Å². The van der Waals surface area contributed by atoms with Crippen molar-refractivity contribution in [1.29, 1.82) is 0 Å². The molecule has 2 atom stereocenters. The van der Waals surface area contributed by atoms with E-state index < -0.39 is 6.61 Å². The van der Waals surface area contributed by atoms with Crippen LogP contribution in [0.1, 0.15) is 54.7 Å². The fourth-order valence-corrected chi connectivity index (χ4v) is 4.79. The molecular weight excluding hydrogens is 398 g/mol. The predicted molar refractivity (Wildman–Crippen MR) is 131 cm³/mol. The van der Waals surface area contributed by atoms with Gasteiger partial charge in [0.15, 0.2) is 5.78 Å². The van der Waals surface area contributed by atoms with Crippen molar-refractivity contribution in [2.45, 2.75) is 59.4 Å². The number of hydrogen-bond acceptors (Lipinski definition) is 5. The van der Waals surface area contributed by atoms with E-state index in [0.717, 1.165) is 45.8 Å². The highest BCUT2D eigenvalue weighted by atomic mass is 16.3. The summed E-state index contributed by atoms with van der Waals surface area (Å²) in [4.78, 5) is 19.2. The molecule has 32 heavy (non-hydrogen) atoms. The number of rotatable bonds is 10. The van der Waals surface area contributed by atoms with Crippen LogP contribution < -0.4 is 0 Å². The summed E-state index contributed by atoms with van der Waals surface area (Å²) in [5.74, 6) is -0.229. The summed E-state index contributed by atoms with van der Waals surface area (Å²) in [6.07, 6.45) is 0. The normalized spacial score (nSPS) is 20.1. The molecule has 1 fully saturated rings. The lowest BCUT2D eigenvalue weighted by Crippen LogP contribution is -2.55. The average Bonchev–Trinajstić information content (AvgIpc) is 2.80. The van der Waals surface area contributed by atoms with Gasteiger partial charge >= 0.3 is 0 Å². The summed E-state index contributed by atoms with van der Waals surface area (Å²) >= 11 is 0. The number of hydrogen-bond donors (Lipinski definition) is 1. The Morgan fingerprint density at radius 1 is 0.938 bits per heavy atom. The van der Waals surface area contributed by atoms with Gasteiger partial charge in [0.2, 0.25) is 0 Å². The molecule has 0 spiro atoms. The number of Topliss-reactive ketones (excluding diaryl/α,β-unsaturated/α-hetero) is 1. The van der Waals surface area contributed by atoms with Gasteiger partial charge in [-0.1, -0.05) is 62.4 Å². The quantitative estimate of drug-likeness (QED) is 0.573. The molecule has 0 aromatic heterocycles. The van der Waals surface area contributed by atoms with Gasteiger partial charge in [0, 0.05) is 50.4 Å². The van der Waals surface area contributed by atoms with Crippen LogP contribution in [-0.2, 0) is 19.6 Å². The Morgan fingerprint density at radius 2 is 1.56 bits per heavy atom. The second-order valence-corrected chi connectivity index (χ2v) is 9.12. The van der Waals surface area contributed by atoms with E-state index >= 15 is 0 Å². The van der Waals surface area contributed by atoms with E-state index in [9.17, 15) is 4.79 Å². The van der Waals surface area contributed by atoms with Gasteiger partial charge in [0.1, 0.15) is 6.61 Å². The topological polar surface area (TPSA) is 47.0 Å². The molecule has 2 aromatic rings. The van der Waals surface area contributed by atoms with Crippen molar-refractivity contribution in [3.8, 4) is 0 Å². The van der Waals surface area contributed by atoms with Crippen molar-refractivity contribution >= 4 is 5.78 Å². The van der Waals surface area contributed by atoms with E-state index in [1.807, 2.05) is 24.3 Å². The zero-order valence-electron chi connectivity index (χ0n) is 20.1. The number of benzene rings is 2. The monoisotopic (exact) mass is 437 g/mol. The van der Waals surface area contributed by atoms with E-state index in [1.165, 1.54) is 16.7 Å². The van der Waals surface area contributed by atoms with E-state index in [0.29, 0.717) is 17.6 Å². The Labute approximate surface area is 193 Å². The first-order valence-electron chi connectivity index (χ1n) is 11.9. The molecule has 1 saturated heterocycles. The number of piperazine rings is 1. The highest BCUT2D eigenvalue weighted by molar-refractivity contribution is 5.96. The minimum Gasteiger partial charge on any atom is -0.388 e. The van der Waals surface area contributed by atoms with Crippen LogP contribution in [0, 0.1) is 0 Å². The fraction of sp³-hybridized carbons (Fsp3) is 0.519. The van der Waals surface area contributed by atoms with E-state index in [4.69, 9.17) is 5.11 Å². The molecule has 174 valence electrons. The van der Waals surface area contributed by atoms with Gasteiger partial charge in [-0.15, -0.1) is 0 Å². The highest BCUT2D eigenvalue weighted by Gasteiger charge is 2.29. The molecule has 1 aliphatic heterocycles. The lowest BCUT2D eigenvalue weighted by atomic mass is 10.0. The van der Waals surface area contributed by atoms with Crippen molar-refractivity contribution < 1.29 is 9.90 Å². The summed E-state index contributed by atoms with van der Waals surface area (Å²) in [6.45, 7) is 15.8. The lowest BCUT2D eigenvalue weighted by Gasteiger charge is -2.44. The molecule has 0 bridgehead atoms. The number of aliphatic hydroxyl groups excluding tert-OH is 1. The number of ketones is 1. The molecule has 0 aliphatic carbocycles. The maximum atomic E-state index is 11.6. The molecule has 1 heterocycles. The van der Waals surface area contributed by atoms with Crippen LogP contribution in [0.3, 0.4) is 0 Å². The Hall–Kier alpha value is -2.05. The largest absolute Gasteiger partial charge is 0.388 e. The third-order valence-corrected chi connectivity index (χ3v) is 6.66. The second kappa shape index (κ2) is 11.7. The maximum absolute atomic E-state index is 11.6. The van der Waals surface area contributed by atoms with Gasteiger partial charge in [-0.05, 0) is 43.6 Å². The van der Waals surface area contributed by atoms with Gasteiger partial charge in [0.25, 0.3) is 0 Å². The number of nitrogens with zero attached hydrogens (tertiary/aromatic N) is 3. The Bertz CT molecular complexity index is 851. The molecule has 5 nitrogen and oxygen atoms in total. The van der Waals surface area contributed by atoms with Crippen LogP contribution in [0.25, 0.3) is 0 Å². The number of aliphatic hydroxyl groups is 1. The maximum Gasteiger partial charge on any atom is 0.188 e. The van der Waals surface area contributed by atoms with E-state index in [-0.39, 0.29) is 5.78 Å². The number of carbonyl (C=O) groups is 1. The third-order valence-electron chi connectivity index (χ3n) is 6.66. The molecular formula is C27H39N3O2. The van der Waals surface area contributed by atoms with Gasteiger partial charge in [-0.2, -0.15) is 0 Å². The smallest absolute Gasteiger partial charge is 0.188 e. The van der Waals surface area contributed by atoms with Crippen LogP contribution in [0.4, 0.5) is 0 Å². The van der Waals surface area contributed by atoms with Gasteiger partial charge in [0.05, 0.1) is 0 Å². The summed E-state index contributed by atoms with van der Waals surface area (Å²) < 4.78 is 0. The molecule has 3 rings (SSSR count). The zero-order chi connectivity index (χ0) is 23.1. The first-order valence-corrected chi connectivity index (χ1v) is 11.9. The van der Waals surface area contributed by atoms with Gasteiger partial charge in [-0.25, -0.2) is 0 Å². The van der Waals surface area contributed by atoms with Crippen molar-refractivity contribution in [1.82, 2.24) is 14.7 Å².